The Bertz CT molecular complexity index is 395. The van der Waals surface area contributed by atoms with Crippen molar-refractivity contribution in [2.24, 2.45) is 0 Å². The maximum atomic E-state index is 5.81. The molecular weight excluding hydrogens is 200 g/mol. The lowest BCUT2D eigenvalue weighted by atomic mass is 10.3. The van der Waals surface area contributed by atoms with Gasteiger partial charge in [0.05, 0.1) is 12.5 Å². The van der Waals surface area contributed by atoms with Crippen LogP contribution in [-0.2, 0) is 6.61 Å². The third kappa shape index (κ3) is 2.30. The Morgan fingerprint density at radius 1 is 1.29 bits per heavy atom. The van der Waals surface area contributed by atoms with E-state index < -0.39 is 0 Å². The quantitative estimate of drug-likeness (QED) is 0.770. The van der Waals surface area contributed by atoms with Crippen molar-refractivity contribution in [2.75, 3.05) is 0 Å². The van der Waals surface area contributed by atoms with Crippen molar-refractivity contribution in [1.82, 2.24) is 0 Å². The number of benzene rings is 1. The van der Waals surface area contributed by atoms with E-state index >= 15 is 0 Å². The summed E-state index contributed by atoms with van der Waals surface area (Å²) < 4.78 is 10.4. The van der Waals surface area contributed by atoms with Gasteiger partial charge in [0, 0.05) is 10.6 Å². The van der Waals surface area contributed by atoms with E-state index in [9.17, 15) is 0 Å². The van der Waals surface area contributed by atoms with E-state index in [1.807, 2.05) is 24.3 Å². The van der Waals surface area contributed by atoms with Gasteiger partial charge < -0.3 is 9.15 Å². The molecule has 0 aliphatic rings. The molecule has 72 valence electrons. The van der Waals surface area contributed by atoms with Gasteiger partial charge in [-0.05, 0) is 24.3 Å². The fourth-order valence-electron chi connectivity index (χ4n) is 1.10. The minimum atomic E-state index is 0.497. The smallest absolute Gasteiger partial charge is 0.121 e. The monoisotopic (exact) mass is 208 g/mol. The van der Waals surface area contributed by atoms with Gasteiger partial charge in [-0.2, -0.15) is 0 Å². The second-order valence-corrected chi connectivity index (χ2v) is 3.31. The zero-order valence-electron chi connectivity index (χ0n) is 7.44. The number of ether oxygens (including phenoxy) is 1. The molecule has 0 bridgehead atoms. The molecule has 0 saturated heterocycles. The van der Waals surface area contributed by atoms with E-state index in [1.54, 1.807) is 18.6 Å². The van der Waals surface area contributed by atoms with Crippen molar-refractivity contribution in [3.05, 3.63) is 53.4 Å². The van der Waals surface area contributed by atoms with Crippen LogP contribution in [0.3, 0.4) is 0 Å². The molecular formula is C11H9ClO2. The molecule has 2 aromatic rings. The van der Waals surface area contributed by atoms with Crippen LogP contribution in [0.25, 0.3) is 0 Å². The fourth-order valence-corrected chi connectivity index (χ4v) is 1.28. The van der Waals surface area contributed by atoms with Crippen molar-refractivity contribution >= 4 is 11.6 Å². The standard InChI is InChI=1S/C11H9ClO2/c12-10-2-1-3-11(6-10)14-8-9-4-5-13-7-9/h1-7H,8H2. The van der Waals surface area contributed by atoms with Gasteiger partial charge >= 0.3 is 0 Å². The maximum Gasteiger partial charge on any atom is 0.121 e. The van der Waals surface area contributed by atoms with E-state index in [0.29, 0.717) is 11.6 Å². The molecule has 1 aromatic heterocycles. The van der Waals surface area contributed by atoms with Crippen LogP contribution in [-0.4, -0.2) is 0 Å². The first-order chi connectivity index (χ1) is 6.84. The van der Waals surface area contributed by atoms with Crippen molar-refractivity contribution in [1.29, 1.82) is 0 Å². The summed E-state index contributed by atoms with van der Waals surface area (Å²) >= 11 is 5.81. The molecule has 1 aromatic carbocycles. The highest BCUT2D eigenvalue weighted by Crippen LogP contribution is 2.18. The first kappa shape index (κ1) is 9.16. The SMILES string of the molecule is Clc1cccc(OCc2ccoc2)c1. The predicted octanol–water partition coefficient (Wildman–Crippen LogP) is 3.51. The van der Waals surface area contributed by atoms with Gasteiger partial charge in [-0.1, -0.05) is 17.7 Å². The molecule has 0 amide bonds. The van der Waals surface area contributed by atoms with Crippen molar-refractivity contribution in [3.63, 3.8) is 0 Å². The first-order valence-corrected chi connectivity index (χ1v) is 4.62. The van der Waals surface area contributed by atoms with E-state index in [1.165, 1.54) is 0 Å². The normalized spacial score (nSPS) is 10.1. The van der Waals surface area contributed by atoms with Gasteiger partial charge in [0.15, 0.2) is 0 Å². The van der Waals surface area contributed by atoms with E-state index in [2.05, 4.69) is 0 Å². The highest BCUT2D eigenvalue weighted by Gasteiger charge is 1.97. The highest BCUT2D eigenvalue weighted by molar-refractivity contribution is 6.30. The summed E-state index contributed by atoms with van der Waals surface area (Å²) in [7, 11) is 0. The predicted molar refractivity (Wildman–Crippen MR) is 54.5 cm³/mol. The first-order valence-electron chi connectivity index (χ1n) is 4.24. The van der Waals surface area contributed by atoms with Gasteiger partial charge in [0.2, 0.25) is 0 Å². The molecule has 2 rings (SSSR count). The van der Waals surface area contributed by atoms with E-state index in [4.69, 9.17) is 20.8 Å². The molecule has 0 fully saturated rings. The fraction of sp³-hybridized carbons (Fsp3) is 0.0909. The topological polar surface area (TPSA) is 22.4 Å². The molecule has 0 saturated carbocycles. The van der Waals surface area contributed by atoms with Gasteiger partial charge in [-0.25, -0.2) is 0 Å². The highest BCUT2D eigenvalue weighted by atomic mass is 35.5. The number of halogens is 1. The Kier molecular flexibility index (Phi) is 2.75. The second-order valence-electron chi connectivity index (χ2n) is 2.88. The molecule has 14 heavy (non-hydrogen) atoms. The van der Waals surface area contributed by atoms with Crippen molar-refractivity contribution < 1.29 is 9.15 Å². The molecule has 0 radical (unpaired) electrons. The van der Waals surface area contributed by atoms with Crippen LogP contribution in [0.5, 0.6) is 5.75 Å². The van der Waals surface area contributed by atoms with Crippen LogP contribution >= 0.6 is 11.6 Å². The molecule has 0 aliphatic carbocycles. The molecule has 0 atom stereocenters. The number of furan rings is 1. The van der Waals surface area contributed by atoms with E-state index in [0.717, 1.165) is 11.3 Å². The zero-order chi connectivity index (χ0) is 9.80. The summed E-state index contributed by atoms with van der Waals surface area (Å²) in [4.78, 5) is 0. The van der Waals surface area contributed by atoms with Gasteiger partial charge in [0.25, 0.3) is 0 Å². The summed E-state index contributed by atoms with van der Waals surface area (Å²) in [6, 6.07) is 9.18. The Labute approximate surface area is 87.1 Å². The lowest BCUT2D eigenvalue weighted by molar-refractivity contribution is 0.305. The van der Waals surface area contributed by atoms with Crippen LogP contribution in [0.15, 0.2) is 47.3 Å². The van der Waals surface area contributed by atoms with Gasteiger partial charge in [-0.3, -0.25) is 0 Å². The molecule has 0 spiro atoms. The van der Waals surface area contributed by atoms with Gasteiger partial charge in [-0.15, -0.1) is 0 Å². The maximum absolute atomic E-state index is 5.81. The van der Waals surface area contributed by atoms with Crippen LogP contribution in [0.4, 0.5) is 0 Å². The minimum Gasteiger partial charge on any atom is -0.489 e. The molecule has 2 nitrogen and oxygen atoms in total. The number of rotatable bonds is 3. The van der Waals surface area contributed by atoms with Crippen molar-refractivity contribution in [2.45, 2.75) is 6.61 Å². The zero-order valence-corrected chi connectivity index (χ0v) is 8.20. The Hall–Kier alpha value is -1.41. The Balaban J connectivity index is 1.98. The summed E-state index contributed by atoms with van der Waals surface area (Å²) in [5.74, 6) is 0.763. The summed E-state index contributed by atoms with van der Waals surface area (Å²) in [5, 5.41) is 0.676. The number of hydrogen-bond donors (Lipinski definition) is 0. The third-order valence-electron chi connectivity index (χ3n) is 1.78. The van der Waals surface area contributed by atoms with Crippen LogP contribution in [0.1, 0.15) is 5.56 Å². The van der Waals surface area contributed by atoms with Gasteiger partial charge in [0.1, 0.15) is 12.4 Å². The van der Waals surface area contributed by atoms with Crippen LogP contribution in [0, 0.1) is 0 Å². The molecule has 0 aliphatic heterocycles. The van der Waals surface area contributed by atoms with Crippen LogP contribution < -0.4 is 4.74 Å². The average molecular weight is 209 g/mol. The Morgan fingerprint density at radius 2 is 2.21 bits per heavy atom. The molecule has 0 unspecified atom stereocenters. The molecule has 0 N–H and O–H groups in total. The summed E-state index contributed by atoms with van der Waals surface area (Å²) in [6.07, 6.45) is 3.28. The largest absolute Gasteiger partial charge is 0.489 e. The lowest BCUT2D eigenvalue weighted by Crippen LogP contribution is -1.92. The third-order valence-corrected chi connectivity index (χ3v) is 2.02. The number of hydrogen-bond acceptors (Lipinski definition) is 2. The minimum absolute atomic E-state index is 0.497. The lowest BCUT2D eigenvalue weighted by Gasteiger charge is -2.03. The Morgan fingerprint density at radius 3 is 2.93 bits per heavy atom. The summed E-state index contributed by atoms with van der Waals surface area (Å²) in [5.41, 5.74) is 1.00. The molecule has 3 heteroatoms. The van der Waals surface area contributed by atoms with Crippen molar-refractivity contribution in [3.8, 4) is 5.75 Å². The van der Waals surface area contributed by atoms with Crippen LogP contribution in [0.2, 0.25) is 5.02 Å². The average Bonchev–Trinajstić information content (AvgIpc) is 2.67. The van der Waals surface area contributed by atoms with E-state index in [-0.39, 0.29) is 0 Å². The second kappa shape index (κ2) is 4.20. The molecule has 1 heterocycles. The summed E-state index contributed by atoms with van der Waals surface area (Å²) in [6.45, 7) is 0.497.